The zero-order valence-electron chi connectivity index (χ0n) is 13.5. The molecule has 0 spiro atoms. The molecule has 0 heterocycles. The Morgan fingerprint density at radius 3 is 2.50 bits per heavy atom. The van der Waals surface area contributed by atoms with Gasteiger partial charge >= 0.3 is 0 Å². The molecule has 0 aliphatic rings. The van der Waals surface area contributed by atoms with Crippen LogP contribution in [0.25, 0.3) is 5.57 Å². The standard InChI is InChI=1S/C19H27N/c1-14(2)11-18(17(5)13-20-6)12-16(4)19-10-8-7-9-15(19)3/h7-10,12-14,20H,4,11H2,1-3,5-6H3/b17-13-,18-12-. The van der Waals surface area contributed by atoms with E-state index in [1.807, 2.05) is 7.05 Å². The highest BCUT2D eigenvalue weighted by molar-refractivity contribution is 5.75. The molecule has 0 saturated heterocycles. The van der Waals surface area contributed by atoms with Crippen molar-refractivity contribution in [2.24, 2.45) is 5.92 Å². The Bertz CT molecular complexity index is 518. The summed E-state index contributed by atoms with van der Waals surface area (Å²) in [7, 11) is 1.94. The number of hydrogen-bond donors (Lipinski definition) is 1. The maximum absolute atomic E-state index is 4.25. The lowest BCUT2D eigenvalue weighted by molar-refractivity contribution is 0.645. The zero-order chi connectivity index (χ0) is 15.1. The molecule has 0 aliphatic carbocycles. The van der Waals surface area contributed by atoms with Crippen molar-refractivity contribution >= 4 is 5.57 Å². The average molecular weight is 269 g/mol. The van der Waals surface area contributed by atoms with Crippen LogP contribution < -0.4 is 5.32 Å². The van der Waals surface area contributed by atoms with Crippen molar-refractivity contribution in [3.05, 3.63) is 65.4 Å². The van der Waals surface area contributed by atoms with E-state index in [-0.39, 0.29) is 0 Å². The SMILES string of the molecule is C=C(/C=C(CC(C)C)\C(C)=C/NC)c1ccccc1C. The number of allylic oxidation sites excluding steroid dienone is 4. The van der Waals surface area contributed by atoms with Gasteiger partial charge in [-0.05, 0) is 60.2 Å². The molecule has 1 aromatic rings. The molecule has 0 saturated carbocycles. The van der Waals surface area contributed by atoms with E-state index in [2.05, 4.69) is 76.1 Å². The number of nitrogens with one attached hydrogen (secondary N) is 1. The van der Waals surface area contributed by atoms with Gasteiger partial charge in [-0.25, -0.2) is 0 Å². The third-order valence-electron chi connectivity index (χ3n) is 3.33. The monoisotopic (exact) mass is 269 g/mol. The summed E-state index contributed by atoms with van der Waals surface area (Å²) < 4.78 is 0. The van der Waals surface area contributed by atoms with Crippen molar-refractivity contribution in [2.75, 3.05) is 7.05 Å². The lowest BCUT2D eigenvalue weighted by Crippen LogP contribution is -2.00. The molecule has 0 fully saturated rings. The first-order valence-electron chi connectivity index (χ1n) is 7.25. The summed E-state index contributed by atoms with van der Waals surface area (Å²) in [5, 5.41) is 3.11. The van der Waals surface area contributed by atoms with Gasteiger partial charge < -0.3 is 5.32 Å². The van der Waals surface area contributed by atoms with E-state index < -0.39 is 0 Å². The lowest BCUT2D eigenvalue weighted by Gasteiger charge is -2.13. The van der Waals surface area contributed by atoms with E-state index in [0.29, 0.717) is 5.92 Å². The van der Waals surface area contributed by atoms with Crippen LogP contribution in [0, 0.1) is 12.8 Å². The fraction of sp³-hybridized carbons (Fsp3) is 0.368. The van der Waals surface area contributed by atoms with Crippen LogP contribution in [-0.2, 0) is 0 Å². The van der Waals surface area contributed by atoms with Crippen molar-refractivity contribution in [1.29, 1.82) is 0 Å². The van der Waals surface area contributed by atoms with E-state index in [0.717, 1.165) is 12.0 Å². The fourth-order valence-electron chi connectivity index (χ4n) is 2.30. The van der Waals surface area contributed by atoms with Gasteiger partial charge in [-0.2, -0.15) is 0 Å². The van der Waals surface area contributed by atoms with E-state index in [9.17, 15) is 0 Å². The molecule has 0 aromatic heterocycles. The van der Waals surface area contributed by atoms with Crippen LogP contribution in [0.5, 0.6) is 0 Å². The van der Waals surface area contributed by atoms with Crippen molar-refractivity contribution < 1.29 is 0 Å². The van der Waals surface area contributed by atoms with Crippen LogP contribution in [0.1, 0.15) is 38.3 Å². The largest absolute Gasteiger partial charge is 0.394 e. The number of benzene rings is 1. The molecule has 1 rings (SSSR count). The Balaban J connectivity index is 3.10. The lowest BCUT2D eigenvalue weighted by atomic mass is 9.93. The molecule has 1 nitrogen and oxygen atoms in total. The first kappa shape index (κ1) is 16.3. The Kier molecular flexibility index (Phi) is 6.30. The van der Waals surface area contributed by atoms with Gasteiger partial charge in [0.1, 0.15) is 0 Å². The molecule has 20 heavy (non-hydrogen) atoms. The second-order valence-corrected chi connectivity index (χ2v) is 5.72. The third kappa shape index (κ3) is 4.73. The van der Waals surface area contributed by atoms with Crippen LogP contribution in [0.3, 0.4) is 0 Å². The van der Waals surface area contributed by atoms with Crippen molar-refractivity contribution in [3.63, 3.8) is 0 Å². The zero-order valence-corrected chi connectivity index (χ0v) is 13.5. The van der Waals surface area contributed by atoms with Gasteiger partial charge in [0.25, 0.3) is 0 Å². The Morgan fingerprint density at radius 2 is 1.95 bits per heavy atom. The van der Waals surface area contributed by atoms with Gasteiger partial charge in [0.2, 0.25) is 0 Å². The molecule has 0 amide bonds. The van der Waals surface area contributed by atoms with Gasteiger partial charge in [0.05, 0.1) is 0 Å². The summed E-state index contributed by atoms with van der Waals surface area (Å²) in [6.45, 7) is 13.0. The van der Waals surface area contributed by atoms with Crippen molar-refractivity contribution in [1.82, 2.24) is 5.32 Å². The predicted octanol–water partition coefficient (Wildman–Crippen LogP) is 5.10. The molecule has 0 radical (unpaired) electrons. The summed E-state index contributed by atoms with van der Waals surface area (Å²) in [4.78, 5) is 0. The van der Waals surface area contributed by atoms with Gasteiger partial charge in [-0.15, -0.1) is 0 Å². The van der Waals surface area contributed by atoms with Crippen LogP contribution in [0.4, 0.5) is 0 Å². The minimum absolute atomic E-state index is 0.631. The minimum atomic E-state index is 0.631. The Hall–Kier alpha value is -1.76. The second kappa shape index (κ2) is 7.74. The maximum atomic E-state index is 4.25. The predicted molar refractivity (Wildman–Crippen MR) is 90.6 cm³/mol. The minimum Gasteiger partial charge on any atom is -0.394 e. The topological polar surface area (TPSA) is 12.0 Å². The van der Waals surface area contributed by atoms with E-state index in [1.165, 1.54) is 22.3 Å². The number of rotatable bonds is 6. The number of hydrogen-bond acceptors (Lipinski definition) is 1. The maximum Gasteiger partial charge on any atom is 0.00278 e. The highest BCUT2D eigenvalue weighted by Crippen LogP contribution is 2.25. The molecule has 1 heteroatoms. The van der Waals surface area contributed by atoms with Crippen molar-refractivity contribution in [2.45, 2.75) is 34.1 Å². The normalized spacial score (nSPS) is 12.7. The highest BCUT2D eigenvalue weighted by Gasteiger charge is 2.06. The summed E-state index contributed by atoms with van der Waals surface area (Å²) in [6, 6.07) is 8.40. The molecular formula is C19H27N. The van der Waals surface area contributed by atoms with Gasteiger partial charge in [-0.1, -0.05) is 50.8 Å². The average Bonchev–Trinajstić information content (AvgIpc) is 2.38. The van der Waals surface area contributed by atoms with Crippen LogP contribution in [0.15, 0.2) is 54.3 Å². The van der Waals surface area contributed by atoms with Crippen LogP contribution in [-0.4, -0.2) is 7.05 Å². The van der Waals surface area contributed by atoms with Gasteiger partial charge in [-0.3, -0.25) is 0 Å². The van der Waals surface area contributed by atoms with E-state index in [1.54, 1.807) is 0 Å². The Labute approximate surface area is 124 Å². The molecule has 1 aromatic carbocycles. The first-order valence-corrected chi connectivity index (χ1v) is 7.25. The van der Waals surface area contributed by atoms with E-state index >= 15 is 0 Å². The summed E-state index contributed by atoms with van der Waals surface area (Å²) in [5.41, 5.74) is 6.21. The highest BCUT2D eigenvalue weighted by atomic mass is 14.8. The second-order valence-electron chi connectivity index (χ2n) is 5.72. The fourth-order valence-corrected chi connectivity index (χ4v) is 2.30. The number of aryl methyl sites for hydroxylation is 1. The van der Waals surface area contributed by atoms with Gasteiger partial charge in [0.15, 0.2) is 0 Å². The Morgan fingerprint density at radius 1 is 1.30 bits per heavy atom. The van der Waals surface area contributed by atoms with Crippen molar-refractivity contribution in [3.8, 4) is 0 Å². The molecule has 0 aliphatic heterocycles. The molecule has 0 unspecified atom stereocenters. The molecule has 0 bridgehead atoms. The quantitative estimate of drug-likeness (QED) is 0.708. The summed E-state index contributed by atoms with van der Waals surface area (Å²) >= 11 is 0. The molecule has 108 valence electrons. The summed E-state index contributed by atoms with van der Waals surface area (Å²) in [5.74, 6) is 0.631. The smallest absolute Gasteiger partial charge is 0.00278 e. The third-order valence-corrected chi connectivity index (χ3v) is 3.33. The van der Waals surface area contributed by atoms with Gasteiger partial charge in [0, 0.05) is 7.05 Å². The molecule has 0 atom stereocenters. The van der Waals surface area contributed by atoms with E-state index in [4.69, 9.17) is 0 Å². The first-order chi connectivity index (χ1) is 9.45. The van der Waals surface area contributed by atoms with Crippen LogP contribution in [0.2, 0.25) is 0 Å². The molecular weight excluding hydrogens is 242 g/mol. The molecule has 1 N–H and O–H groups in total. The van der Waals surface area contributed by atoms with Crippen LogP contribution >= 0.6 is 0 Å². The summed E-state index contributed by atoms with van der Waals surface area (Å²) in [6.07, 6.45) is 5.35.